The molecule has 3 aliphatic rings. The number of nitrogens with two attached hydrogens (primary N) is 1. The summed E-state index contributed by atoms with van der Waals surface area (Å²) in [5.41, 5.74) is 6.32. The van der Waals surface area contributed by atoms with Gasteiger partial charge in [0.2, 0.25) is 5.91 Å². The Kier molecular flexibility index (Phi) is 4.08. The van der Waals surface area contributed by atoms with E-state index in [-0.39, 0.29) is 5.92 Å². The van der Waals surface area contributed by atoms with Gasteiger partial charge in [0.1, 0.15) is 0 Å². The average Bonchev–Trinajstić information content (AvgIpc) is 2.90. The molecule has 3 rings (SSSR count). The summed E-state index contributed by atoms with van der Waals surface area (Å²) in [5, 5.41) is 0. The molecule has 108 valence electrons. The molecule has 3 atom stereocenters. The third-order valence-corrected chi connectivity index (χ3v) is 6.71. The number of hydrogen-bond donors (Lipinski definition) is 1. The molecular formula is C15H26N2OS. The molecule has 1 aliphatic heterocycles. The maximum atomic E-state index is 12.7. The summed E-state index contributed by atoms with van der Waals surface area (Å²) in [6.07, 6.45) is 7.06. The molecule has 2 N–H and O–H groups in total. The standard InChI is InChI=1S/C15H26N2OS/c1-17(13-5-6-19-9-13)15(18)12-7-10-3-2-4-11(8-12)14(10)16/h10-14H,2-9,16H2,1H3. The van der Waals surface area contributed by atoms with Crippen LogP contribution in [0.25, 0.3) is 0 Å². The van der Waals surface area contributed by atoms with Crippen LogP contribution in [0.3, 0.4) is 0 Å². The molecular weight excluding hydrogens is 256 g/mol. The van der Waals surface area contributed by atoms with E-state index in [0.717, 1.165) is 18.6 Å². The van der Waals surface area contributed by atoms with Crippen LogP contribution in [0.4, 0.5) is 0 Å². The summed E-state index contributed by atoms with van der Waals surface area (Å²) in [6, 6.07) is 0.845. The van der Waals surface area contributed by atoms with Gasteiger partial charge in [-0.2, -0.15) is 11.8 Å². The molecule has 0 radical (unpaired) electrons. The van der Waals surface area contributed by atoms with Crippen LogP contribution in [0.2, 0.25) is 0 Å². The molecule has 19 heavy (non-hydrogen) atoms. The highest BCUT2D eigenvalue weighted by Gasteiger charge is 2.42. The molecule has 1 amide bonds. The van der Waals surface area contributed by atoms with Crippen molar-refractivity contribution in [3.05, 3.63) is 0 Å². The zero-order valence-corrected chi connectivity index (χ0v) is 12.7. The summed E-state index contributed by atoms with van der Waals surface area (Å²) in [4.78, 5) is 14.8. The lowest BCUT2D eigenvalue weighted by Gasteiger charge is -2.44. The molecule has 0 spiro atoms. The summed E-state index contributed by atoms with van der Waals surface area (Å²) >= 11 is 1.98. The van der Waals surface area contributed by atoms with Gasteiger partial charge in [-0.05, 0) is 49.7 Å². The van der Waals surface area contributed by atoms with Crippen molar-refractivity contribution in [3.8, 4) is 0 Å². The van der Waals surface area contributed by atoms with Crippen molar-refractivity contribution in [1.29, 1.82) is 0 Å². The van der Waals surface area contributed by atoms with E-state index in [4.69, 9.17) is 5.73 Å². The lowest BCUT2D eigenvalue weighted by atomic mass is 9.65. The second-order valence-electron chi connectivity index (χ2n) is 6.66. The van der Waals surface area contributed by atoms with E-state index in [2.05, 4.69) is 4.90 Å². The van der Waals surface area contributed by atoms with E-state index in [1.165, 1.54) is 31.4 Å². The topological polar surface area (TPSA) is 46.3 Å². The van der Waals surface area contributed by atoms with Crippen molar-refractivity contribution >= 4 is 17.7 Å². The Labute approximate surface area is 120 Å². The lowest BCUT2D eigenvalue weighted by Crippen LogP contribution is -2.50. The molecule has 0 aromatic rings. The SMILES string of the molecule is CN(C(=O)C1CC2CCCC(C1)C2N)C1CCSC1. The molecule has 3 fully saturated rings. The van der Waals surface area contributed by atoms with Gasteiger partial charge in [-0.15, -0.1) is 0 Å². The summed E-state index contributed by atoms with van der Waals surface area (Å²) < 4.78 is 0. The largest absolute Gasteiger partial charge is 0.342 e. The van der Waals surface area contributed by atoms with Crippen LogP contribution in [-0.2, 0) is 4.79 Å². The fraction of sp³-hybridized carbons (Fsp3) is 0.933. The van der Waals surface area contributed by atoms with Gasteiger partial charge < -0.3 is 10.6 Å². The Morgan fingerprint density at radius 3 is 2.47 bits per heavy atom. The first-order chi connectivity index (χ1) is 9.16. The van der Waals surface area contributed by atoms with Crippen molar-refractivity contribution in [2.75, 3.05) is 18.6 Å². The molecule has 3 nitrogen and oxygen atoms in total. The second kappa shape index (κ2) is 5.65. The smallest absolute Gasteiger partial charge is 0.225 e. The number of amides is 1. The number of fused-ring (bicyclic) bond motifs is 2. The predicted molar refractivity (Wildman–Crippen MR) is 80.0 cm³/mol. The highest BCUT2D eigenvalue weighted by atomic mass is 32.2. The van der Waals surface area contributed by atoms with E-state index < -0.39 is 0 Å². The third-order valence-electron chi connectivity index (χ3n) is 5.56. The second-order valence-corrected chi connectivity index (χ2v) is 7.81. The molecule has 0 aromatic carbocycles. The van der Waals surface area contributed by atoms with Crippen molar-refractivity contribution in [1.82, 2.24) is 4.90 Å². The van der Waals surface area contributed by atoms with Crippen molar-refractivity contribution in [2.45, 2.75) is 50.6 Å². The minimum Gasteiger partial charge on any atom is -0.342 e. The van der Waals surface area contributed by atoms with E-state index in [0.29, 0.717) is 29.8 Å². The van der Waals surface area contributed by atoms with Crippen LogP contribution < -0.4 is 5.73 Å². The van der Waals surface area contributed by atoms with Crippen LogP contribution in [0.15, 0.2) is 0 Å². The zero-order chi connectivity index (χ0) is 13.4. The molecule has 2 saturated carbocycles. The van der Waals surface area contributed by atoms with Gasteiger partial charge in [-0.1, -0.05) is 6.42 Å². The van der Waals surface area contributed by atoms with Crippen molar-refractivity contribution in [2.24, 2.45) is 23.5 Å². The Balaban J connectivity index is 1.64. The van der Waals surface area contributed by atoms with Crippen LogP contribution in [0.1, 0.15) is 38.5 Å². The Morgan fingerprint density at radius 1 is 1.21 bits per heavy atom. The molecule has 1 saturated heterocycles. The molecule has 4 heteroatoms. The van der Waals surface area contributed by atoms with Gasteiger partial charge in [-0.25, -0.2) is 0 Å². The third kappa shape index (κ3) is 2.66. The van der Waals surface area contributed by atoms with Gasteiger partial charge in [0, 0.05) is 30.8 Å². The minimum absolute atomic E-state index is 0.255. The highest BCUT2D eigenvalue weighted by molar-refractivity contribution is 7.99. The molecule has 2 aliphatic carbocycles. The van der Waals surface area contributed by atoms with Gasteiger partial charge in [0.15, 0.2) is 0 Å². The van der Waals surface area contributed by atoms with E-state index in [1.807, 2.05) is 18.8 Å². The Hall–Kier alpha value is -0.220. The van der Waals surface area contributed by atoms with Gasteiger partial charge in [0.05, 0.1) is 0 Å². The Morgan fingerprint density at radius 2 is 1.89 bits per heavy atom. The van der Waals surface area contributed by atoms with Crippen LogP contribution in [0.5, 0.6) is 0 Å². The summed E-state index contributed by atoms with van der Waals surface area (Å²) in [7, 11) is 2.02. The first-order valence-corrected chi connectivity index (χ1v) is 8.92. The first kappa shape index (κ1) is 13.7. The monoisotopic (exact) mass is 282 g/mol. The predicted octanol–water partition coefficient (Wildman–Crippen LogP) is 2.10. The van der Waals surface area contributed by atoms with Crippen LogP contribution in [-0.4, -0.2) is 41.4 Å². The summed E-state index contributed by atoms with van der Waals surface area (Å²) in [6.45, 7) is 0. The van der Waals surface area contributed by atoms with Gasteiger partial charge in [-0.3, -0.25) is 4.79 Å². The maximum Gasteiger partial charge on any atom is 0.225 e. The van der Waals surface area contributed by atoms with Gasteiger partial charge in [0.25, 0.3) is 0 Å². The van der Waals surface area contributed by atoms with Crippen molar-refractivity contribution in [3.63, 3.8) is 0 Å². The molecule has 3 unspecified atom stereocenters. The summed E-state index contributed by atoms with van der Waals surface area (Å²) in [5.74, 6) is 4.20. The van der Waals surface area contributed by atoms with E-state index in [1.54, 1.807) is 0 Å². The number of carbonyl (C=O) groups is 1. The van der Waals surface area contributed by atoms with E-state index in [9.17, 15) is 4.79 Å². The Bertz CT molecular complexity index is 329. The molecule has 2 bridgehead atoms. The average molecular weight is 282 g/mol. The highest BCUT2D eigenvalue weighted by Crippen LogP contribution is 2.42. The number of carbonyl (C=O) groups excluding carboxylic acids is 1. The number of nitrogens with zero attached hydrogens (tertiary/aromatic N) is 1. The van der Waals surface area contributed by atoms with Crippen molar-refractivity contribution < 1.29 is 4.79 Å². The van der Waals surface area contributed by atoms with E-state index >= 15 is 0 Å². The maximum absolute atomic E-state index is 12.7. The number of rotatable bonds is 2. The van der Waals surface area contributed by atoms with Crippen LogP contribution >= 0.6 is 11.8 Å². The van der Waals surface area contributed by atoms with Crippen LogP contribution in [0, 0.1) is 17.8 Å². The minimum atomic E-state index is 0.255. The molecule has 0 aromatic heterocycles. The zero-order valence-electron chi connectivity index (χ0n) is 11.9. The first-order valence-electron chi connectivity index (χ1n) is 7.77. The number of hydrogen-bond acceptors (Lipinski definition) is 3. The van der Waals surface area contributed by atoms with Gasteiger partial charge >= 0.3 is 0 Å². The molecule has 1 heterocycles. The number of thioether (sulfide) groups is 1. The fourth-order valence-electron chi connectivity index (χ4n) is 4.29. The quantitative estimate of drug-likeness (QED) is 0.844. The lowest BCUT2D eigenvalue weighted by molar-refractivity contribution is -0.139. The fourth-order valence-corrected chi connectivity index (χ4v) is 5.55. The normalized spacial score (nSPS) is 42.1.